The Morgan fingerprint density at radius 2 is 1.41 bits per heavy atom. The average Bonchev–Trinajstić information content (AvgIpc) is 2.85. The molecule has 5 rings (SSSR count). The van der Waals surface area contributed by atoms with Crippen LogP contribution in [0, 0.1) is 6.92 Å². The van der Waals surface area contributed by atoms with Crippen LogP contribution < -0.4 is 4.90 Å². The molecule has 1 aliphatic rings. The van der Waals surface area contributed by atoms with Crippen LogP contribution in [-0.2, 0) is 0 Å². The molecule has 2 aromatic heterocycles. The smallest absolute Gasteiger partial charge is 0.162 e. The van der Waals surface area contributed by atoms with Gasteiger partial charge in [-0.05, 0) is 25.6 Å². The molecule has 1 aliphatic heterocycles. The fraction of sp³-hybridized carbons (Fsp3) is 0.222. The van der Waals surface area contributed by atoms with E-state index in [-0.39, 0.29) is 0 Å². The number of aromatic nitrogens is 3. The van der Waals surface area contributed by atoms with E-state index in [9.17, 15) is 0 Å². The van der Waals surface area contributed by atoms with E-state index in [4.69, 9.17) is 9.97 Å². The summed E-state index contributed by atoms with van der Waals surface area (Å²) in [6, 6.07) is 23.0. The molecule has 1 fully saturated rings. The Morgan fingerprint density at radius 3 is 2.16 bits per heavy atom. The van der Waals surface area contributed by atoms with Crippen LogP contribution in [0.2, 0.25) is 0 Å². The van der Waals surface area contributed by atoms with E-state index in [1.807, 2.05) is 30.6 Å². The molecular weight excluding hydrogens is 394 g/mol. The summed E-state index contributed by atoms with van der Waals surface area (Å²) in [7, 11) is 2.17. The summed E-state index contributed by atoms with van der Waals surface area (Å²) in [5.41, 5.74) is 6.41. The fourth-order valence-corrected chi connectivity index (χ4v) is 3.98. The zero-order valence-electron chi connectivity index (χ0n) is 18.6. The predicted molar refractivity (Wildman–Crippen MR) is 131 cm³/mol. The van der Waals surface area contributed by atoms with E-state index >= 15 is 0 Å². The first-order valence-electron chi connectivity index (χ1n) is 11.1. The van der Waals surface area contributed by atoms with Crippen LogP contribution in [0.1, 0.15) is 5.56 Å². The Morgan fingerprint density at radius 1 is 0.688 bits per heavy atom. The molecule has 5 heteroatoms. The van der Waals surface area contributed by atoms with Gasteiger partial charge in [-0.1, -0.05) is 60.2 Å². The highest BCUT2D eigenvalue weighted by Gasteiger charge is 2.18. The van der Waals surface area contributed by atoms with Crippen molar-refractivity contribution in [3.05, 3.63) is 84.7 Å². The van der Waals surface area contributed by atoms with Gasteiger partial charge in [-0.2, -0.15) is 0 Å². The third kappa shape index (κ3) is 4.39. The number of pyridine rings is 1. The van der Waals surface area contributed by atoms with Crippen LogP contribution in [-0.4, -0.2) is 53.1 Å². The Labute approximate surface area is 189 Å². The van der Waals surface area contributed by atoms with Gasteiger partial charge in [-0.25, -0.2) is 9.97 Å². The first-order chi connectivity index (χ1) is 15.7. The quantitative estimate of drug-likeness (QED) is 0.467. The molecule has 0 bridgehead atoms. The predicted octanol–water partition coefficient (Wildman–Crippen LogP) is 4.93. The van der Waals surface area contributed by atoms with Gasteiger partial charge in [0.15, 0.2) is 5.82 Å². The van der Waals surface area contributed by atoms with Crippen LogP contribution in [0.4, 0.5) is 5.82 Å². The molecule has 2 aromatic carbocycles. The largest absolute Gasteiger partial charge is 0.354 e. The van der Waals surface area contributed by atoms with Crippen molar-refractivity contribution in [2.45, 2.75) is 6.92 Å². The molecule has 0 amide bonds. The zero-order valence-corrected chi connectivity index (χ0v) is 18.6. The molecule has 1 saturated heterocycles. The van der Waals surface area contributed by atoms with Crippen LogP contribution >= 0.6 is 0 Å². The highest BCUT2D eigenvalue weighted by Crippen LogP contribution is 2.29. The Kier molecular flexibility index (Phi) is 5.65. The van der Waals surface area contributed by atoms with E-state index in [1.165, 1.54) is 5.56 Å². The van der Waals surface area contributed by atoms with Crippen molar-refractivity contribution >= 4 is 5.82 Å². The molecule has 0 N–H and O–H groups in total. The summed E-state index contributed by atoms with van der Waals surface area (Å²) in [6.07, 6.45) is 3.80. The summed E-state index contributed by atoms with van der Waals surface area (Å²) < 4.78 is 0. The fourth-order valence-electron chi connectivity index (χ4n) is 3.98. The highest BCUT2D eigenvalue weighted by molar-refractivity contribution is 5.73. The number of hydrogen-bond donors (Lipinski definition) is 0. The minimum absolute atomic E-state index is 0.748. The number of rotatable bonds is 4. The standard InChI is InChI=1S/C27H27N5/c1-20-8-10-21(11-9-20)23-16-24(19-28-18-23)25-17-26(32-14-12-31(2)13-15-32)30-27(29-25)22-6-4-3-5-7-22/h3-11,16-19H,12-15H2,1-2H3. The molecule has 0 saturated carbocycles. The van der Waals surface area contributed by atoms with E-state index in [2.05, 4.69) is 77.3 Å². The maximum atomic E-state index is 4.94. The lowest BCUT2D eigenvalue weighted by atomic mass is 10.0. The topological polar surface area (TPSA) is 45.2 Å². The van der Waals surface area contributed by atoms with Gasteiger partial charge in [-0.3, -0.25) is 4.98 Å². The summed E-state index contributed by atoms with van der Waals surface area (Å²) >= 11 is 0. The molecule has 5 nitrogen and oxygen atoms in total. The Hall–Kier alpha value is -3.57. The normalized spacial score (nSPS) is 14.5. The van der Waals surface area contributed by atoms with Gasteiger partial charge in [0.1, 0.15) is 5.82 Å². The second kappa shape index (κ2) is 8.89. The number of likely N-dealkylation sites (N-methyl/N-ethyl adjacent to an activating group) is 1. The molecule has 160 valence electrons. The highest BCUT2D eigenvalue weighted by atomic mass is 15.3. The third-order valence-electron chi connectivity index (χ3n) is 5.99. The molecule has 4 aromatic rings. The van der Waals surface area contributed by atoms with Crippen molar-refractivity contribution < 1.29 is 0 Å². The van der Waals surface area contributed by atoms with E-state index < -0.39 is 0 Å². The van der Waals surface area contributed by atoms with Crippen LogP contribution in [0.25, 0.3) is 33.8 Å². The van der Waals surface area contributed by atoms with E-state index in [0.717, 1.165) is 65.8 Å². The maximum absolute atomic E-state index is 4.94. The number of hydrogen-bond acceptors (Lipinski definition) is 5. The average molecular weight is 422 g/mol. The minimum atomic E-state index is 0.748. The van der Waals surface area contributed by atoms with Crippen molar-refractivity contribution in [2.75, 3.05) is 38.1 Å². The number of piperazine rings is 1. The Balaban J connectivity index is 1.58. The number of benzene rings is 2. The number of aryl methyl sites for hydroxylation is 1. The number of nitrogens with zero attached hydrogens (tertiary/aromatic N) is 5. The summed E-state index contributed by atoms with van der Waals surface area (Å²) in [5.74, 6) is 1.72. The molecule has 0 aliphatic carbocycles. The first kappa shape index (κ1) is 20.3. The van der Waals surface area contributed by atoms with Gasteiger partial charge in [-0.15, -0.1) is 0 Å². The van der Waals surface area contributed by atoms with Crippen molar-refractivity contribution in [1.82, 2.24) is 19.9 Å². The molecule has 3 heterocycles. The third-order valence-corrected chi connectivity index (χ3v) is 5.99. The van der Waals surface area contributed by atoms with Gasteiger partial charge in [0, 0.05) is 61.3 Å². The lowest BCUT2D eigenvalue weighted by Gasteiger charge is -2.33. The summed E-state index contributed by atoms with van der Waals surface area (Å²) in [6.45, 7) is 6.09. The van der Waals surface area contributed by atoms with Gasteiger partial charge >= 0.3 is 0 Å². The SMILES string of the molecule is Cc1ccc(-c2cncc(-c3cc(N4CCN(C)CC4)nc(-c4ccccc4)n3)c2)cc1. The maximum Gasteiger partial charge on any atom is 0.162 e. The van der Waals surface area contributed by atoms with Crippen molar-refractivity contribution in [3.63, 3.8) is 0 Å². The molecule has 0 atom stereocenters. The van der Waals surface area contributed by atoms with E-state index in [1.54, 1.807) is 0 Å². The molecule has 0 spiro atoms. The summed E-state index contributed by atoms with van der Waals surface area (Å²) in [4.78, 5) is 19.1. The second-order valence-electron chi connectivity index (χ2n) is 8.42. The van der Waals surface area contributed by atoms with Crippen LogP contribution in [0.5, 0.6) is 0 Å². The summed E-state index contributed by atoms with van der Waals surface area (Å²) in [5, 5.41) is 0. The van der Waals surface area contributed by atoms with Gasteiger partial charge in [0.05, 0.1) is 5.69 Å². The van der Waals surface area contributed by atoms with Crippen molar-refractivity contribution in [2.24, 2.45) is 0 Å². The van der Waals surface area contributed by atoms with Crippen LogP contribution in [0.3, 0.4) is 0 Å². The van der Waals surface area contributed by atoms with Gasteiger partial charge in [0.25, 0.3) is 0 Å². The van der Waals surface area contributed by atoms with Crippen LogP contribution in [0.15, 0.2) is 79.1 Å². The second-order valence-corrected chi connectivity index (χ2v) is 8.42. The monoisotopic (exact) mass is 421 g/mol. The molecule has 0 radical (unpaired) electrons. The Bertz CT molecular complexity index is 1200. The van der Waals surface area contributed by atoms with Crippen molar-refractivity contribution in [1.29, 1.82) is 0 Å². The van der Waals surface area contributed by atoms with Gasteiger partial charge in [0.2, 0.25) is 0 Å². The molecule has 0 unspecified atom stereocenters. The van der Waals surface area contributed by atoms with Crippen molar-refractivity contribution in [3.8, 4) is 33.8 Å². The molecular formula is C27H27N5. The number of anilines is 1. The first-order valence-corrected chi connectivity index (χ1v) is 11.1. The lowest BCUT2D eigenvalue weighted by Crippen LogP contribution is -2.44. The zero-order chi connectivity index (χ0) is 21.9. The lowest BCUT2D eigenvalue weighted by molar-refractivity contribution is 0.312. The minimum Gasteiger partial charge on any atom is -0.354 e. The van der Waals surface area contributed by atoms with E-state index in [0.29, 0.717) is 0 Å². The van der Waals surface area contributed by atoms with Gasteiger partial charge < -0.3 is 9.80 Å². The molecule has 32 heavy (non-hydrogen) atoms.